The van der Waals surface area contributed by atoms with Gasteiger partial charge in [0.2, 0.25) is 5.16 Å². The van der Waals surface area contributed by atoms with Gasteiger partial charge in [0.1, 0.15) is 5.56 Å². The zero-order valence-electron chi connectivity index (χ0n) is 17.5. The van der Waals surface area contributed by atoms with Crippen LogP contribution < -0.4 is 10.2 Å². The molecule has 0 atom stereocenters. The highest BCUT2D eigenvalue weighted by molar-refractivity contribution is 7.99. The second-order valence-corrected chi connectivity index (χ2v) is 7.89. The fourth-order valence-corrected chi connectivity index (χ4v) is 3.93. The maximum absolute atomic E-state index is 12.9. The Hall–Kier alpha value is -4.99. The van der Waals surface area contributed by atoms with E-state index in [1.54, 1.807) is 0 Å². The Kier molecular flexibility index (Phi) is 6.03. The van der Waals surface area contributed by atoms with E-state index in [9.17, 15) is 34.6 Å². The lowest BCUT2D eigenvalue weighted by atomic mass is 10.1. The molecule has 0 spiro atoms. The van der Waals surface area contributed by atoms with Crippen molar-refractivity contribution in [3.63, 3.8) is 0 Å². The largest absolute Gasteiger partial charge is 0.322 e. The van der Waals surface area contributed by atoms with E-state index in [0.717, 1.165) is 34.9 Å². The summed E-state index contributed by atoms with van der Waals surface area (Å²) < 4.78 is 1.24. The zero-order valence-corrected chi connectivity index (χ0v) is 18.3. The van der Waals surface area contributed by atoms with Crippen molar-refractivity contribution in [3.8, 4) is 0 Å². The number of carbonyl (C=O) groups is 3. The molecular formula is C19H12N8O7S. The summed E-state index contributed by atoms with van der Waals surface area (Å²) in [5.41, 5.74) is -1.34. The lowest BCUT2D eigenvalue weighted by molar-refractivity contribution is -0.396. The number of carbonyl (C=O) groups excluding carboxylic acids is 3. The van der Waals surface area contributed by atoms with Gasteiger partial charge in [0.15, 0.2) is 0 Å². The van der Waals surface area contributed by atoms with Gasteiger partial charge in [-0.1, -0.05) is 0 Å². The maximum atomic E-state index is 12.9. The molecule has 1 aliphatic rings. The van der Waals surface area contributed by atoms with Crippen LogP contribution in [0.25, 0.3) is 0 Å². The molecule has 2 aromatic carbocycles. The number of hydrogen-bond acceptors (Lipinski definition) is 11. The van der Waals surface area contributed by atoms with E-state index in [4.69, 9.17) is 0 Å². The van der Waals surface area contributed by atoms with E-state index in [1.807, 2.05) is 0 Å². The number of aryl methyl sites for hydroxylation is 1. The van der Waals surface area contributed by atoms with Crippen LogP contribution in [0.1, 0.15) is 10.4 Å². The number of benzene rings is 2. The van der Waals surface area contributed by atoms with Crippen LogP contribution in [0.2, 0.25) is 0 Å². The summed E-state index contributed by atoms with van der Waals surface area (Å²) in [7, 11) is 1.50. The number of nitrogens with zero attached hydrogens (tertiary/aromatic N) is 7. The summed E-state index contributed by atoms with van der Waals surface area (Å²) in [6.45, 7) is 0. The highest BCUT2D eigenvalue weighted by Crippen LogP contribution is 2.38. The molecule has 0 aliphatic carbocycles. The first-order valence-electron chi connectivity index (χ1n) is 9.50. The summed E-state index contributed by atoms with van der Waals surface area (Å²) in [6.07, 6.45) is 2.25. The van der Waals surface area contributed by atoms with Gasteiger partial charge in [-0.15, -0.1) is 5.10 Å². The Morgan fingerprint density at radius 2 is 1.63 bits per heavy atom. The molecule has 3 amide bonds. The summed E-state index contributed by atoms with van der Waals surface area (Å²) in [4.78, 5) is 58.7. The molecule has 16 heteroatoms. The number of rotatable bonds is 7. The first-order valence-corrected chi connectivity index (χ1v) is 10.3. The van der Waals surface area contributed by atoms with Crippen molar-refractivity contribution in [1.82, 2.24) is 20.2 Å². The van der Waals surface area contributed by atoms with Crippen LogP contribution in [0.5, 0.6) is 0 Å². The Morgan fingerprint density at radius 1 is 1.00 bits per heavy atom. The first-order chi connectivity index (χ1) is 16.7. The molecule has 2 heterocycles. The van der Waals surface area contributed by atoms with Gasteiger partial charge in [-0.05, 0) is 52.5 Å². The smallest absolute Gasteiger partial charge is 0.290 e. The van der Waals surface area contributed by atoms with Crippen molar-refractivity contribution in [2.75, 3.05) is 10.2 Å². The minimum absolute atomic E-state index is 0.0856. The molecule has 0 saturated heterocycles. The number of nitrogens with one attached hydrogen (secondary N) is 1. The van der Waals surface area contributed by atoms with Crippen molar-refractivity contribution in [2.24, 2.45) is 7.05 Å². The van der Waals surface area contributed by atoms with Gasteiger partial charge in [0, 0.05) is 24.9 Å². The highest BCUT2D eigenvalue weighted by atomic mass is 32.2. The van der Waals surface area contributed by atoms with E-state index in [-0.39, 0.29) is 21.4 Å². The third kappa shape index (κ3) is 4.58. The molecule has 35 heavy (non-hydrogen) atoms. The molecule has 0 saturated carbocycles. The first kappa shape index (κ1) is 23.2. The SMILES string of the molecule is Cn1nnnc1Sc1cc(C(=O)Nc2ccc(N3C(=O)C=CC3=O)cc2)c([N+](=O)[O-])cc1[N+](=O)[O-]. The molecule has 1 aliphatic heterocycles. The average Bonchev–Trinajstić information content (AvgIpc) is 3.37. The molecule has 1 N–H and O–H groups in total. The van der Waals surface area contributed by atoms with E-state index < -0.39 is 44.5 Å². The van der Waals surface area contributed by atoms with Crippen LogP contribution in [0.15, 0.2) is 58.6 Å². The summed E-state index contributed by atoms with van der Waals surface area (Å²) >= 11 is 0.758. The van der Waals surface area contributed by atoms with Crippen LogP contribution in [0.3, 0.4) is 0 Å². The highest BCUT2D eigenvalue weighted by Gasteiger charge is 2.30. The van der Waals surface area contributed by atoms with Gasteiger partial charge in [-0.2, -0.15) is 0 Å². The summed E-state index contributed by atoms with van der Waals surface area (Å²) in [5.74, 6) is -1.94. The minimum Gasteiger partial charge on any atom is -0.322 e. The standard InChI is InChI=1S/C19H12N8O7S/c1-24-19(21-22-23-24)35-15-8-12(13(26(31)32)9-14(15)27(33)34)18(30)20-10-2-4-11(5-3-10)25-16(28)6-7-17(25)29/h2-9H,1H3,(H,20,30). The molecule has 0 fully saturated rings. The van der Waals surface area contributed by atoms with E-state index in [0.29, 0.717) is 6.07 Å². The van der Waals surface area contributed by atoms with Crippen molar-refractivity contribution >= 4 is 52.2 Å². The second-order valence-electron chi connectivity index (χ2n) is 6.88. The average molecular weight is 496 g/mol. The predicted octanol–water partition coefficient (Wildman–Crippen LogP) is 1.86. The lowest BCUT2D eigenvalue weighted by Gasteiger charge is -2.14. The predicted molar refractivity (Wildman–Crippen MR) is 119 cm³/mol. The molecule has 176 valence electrons. The van der Waals surface area contributed by atoms with Gasteiger partial charge in [-0.25, -0.2) is 9.58 Å². The quantitative estimate of drug-likeness (QED) is 0.285. The number of tetrazole rings is 1. The summed E-state index contributed by atoms with van der Waals surface area (Å²) in [5, 5.41) is 36.5. The Labute approximate surface area is 198 Å². The number of hydrogen-bond donors (Lipinski definition) is 1. The van der Waals surface area contributed by atoms with Crippen molar-refractivity contribution in [1.29, 1.82) is 0 Å². The van der Waals surface area contributed by atoms with Crippen LogP contribution in [-0.2, 0) is 16.6 Å². The number of amides is 3. The molecule has 0 bridgehead atoms. The molecule has 15 nitrogen and oxygen atoms in total. The molecular weight excluding hydrogens is 484 g/mol. The third-order valence-corrected chi connectivity index (χ3v) is 5.77. The Balaban J connectivity index is 1.65. The van der Waals surface area contributed by atoms with Crippen LogP contribution in [-0.4, -0.2) is 47.8 Å². The van der Waals surface area contributed by atoms with E-state index in [1.165, 1.54) is 36.0 Å². The van der Waals surface area contributed by atoms with Crippen LogP contribution in [0, 0.1) is 20.2 Å². The number of aromatic nitrogens is 4. The van der Waals surface area contributed by atoms with Crippen molar-refractivity contribution in [2.45, 2.75) is 10.1 Å². The zero-order chi connectivity index (χ0) is 25.3. The van der Waals surface area contributed by atoms with Gasteiger partial charge >= 0.3 is 0 Å². The Morgan fingerprint density at radius 3 is 2.17 bits per heavy atom. The topological polar surface area (TPSA) is 196 Å². The molecule has 1 aromatic heterocycles. The minimum atomic E-state index is -0.910. The molecule has 0 radical (unpaired) electrons. The van der Waals surface area contributed by atoms with Crippen molar-refractivity contribution < 1.29 is 24.2 Å². The molecule has 3 aromatic rings. The van der Waals surface area contributed by atoms with Crippen molar-refractivity contribution in [3.05, 3.63) is 74.3 Å². The fourth-order valence-electron chi connectivity index (χ4n) is 3.07. The van der Waals surface area contributed by atoms with Gasteiger partial charge < -0.3 is 5.32 Å². The van der Waals surface area contributed by atoms with Crippen LogP contribution >= 0.6 is 11.8 Å². The third-order valence-electron chi connectivity index (χ3n) is 4.69. The summed E-state index contributed by atoms with van der Waals surface area (Å²) in [6, 6.07) is 7.32. The molecule has 0 unspecified atom stereocenters. The number of imide groups is 1. The monoisotopic (exact) mass is 496 g/mol. The van der Waals surface area contributed by atoms with E-state index in [2.05, 4.69) is 20.8 Å². The number of nitro benzene ring substituents is 2. The van der Waals surface area contributed by atoms with Gasteiger partial charge in [0.05, 0.1) is 26.5 Å². The second kappa shape index (κ2) is 9.10. The van der Waals surface area contributed by atoms with Gasteiger partial charge in [-0.3, -0.25) is 34.6 Å². The number of anilines is 2. The lowest BCUT2D eigenvalue weighted by Crippen LogP contribution is -2.29. The normalized spacial score (nSPS) is 12.8. The van der Waals surface area contributed by atoms with Crippen LogP contribution in [0.4, 0.5) is 22.7 Å². The number of nitro groups is 2. The van der Waals surface area contributed by atoms with Gasteiger partial charge in [0.25, 0.3) is 29.1 Å². The fraction of sp³-hybridized carbons (Fsp3) is 0.0526. The van der Waals surface area contributed by atoms with E-state index >= 15 is 0 Å². The Bertz CT molecular complexity index is 1420. The molecule has 4 rings (SSSR count). The maximum Gasteiger partial charge on any atom is 0.290 e.